The highest BCUT2D eigenvalue weighted by atomic mass is 16.1. The van der Waals surface area contributed by atoms with Gasteiger partial charge in [-0.2, -0.15) is 0 Å². The Labute approximate surface area is 120 Å². The monoisotopic (exact) mass is 273 g/mol. The summed E-state index contributed by atoms with van der Waals surface area (Å²) in [4.78, 5) is 14.6. The third-order valence-corrected chi connectivity index (χ3v) is 3.96. The zero-order chi connectivity index (χ0) is 14.4. The molecule has 1 unspecified atom stereocenters. The Hall–Kier alpha value is -1.68. The van der Waals surface area contributed by atoms with Gasteiger partial charge in [0.2, 0.25) is 5.91 Å². The molecular formula is C16H23N3O. The summed E-state index contributed by atoms with van der Waals surface area (Å²) in [6, 6.07) is 9.82. The van der Waals surface area contributed by atoms with Gasteiger partial charge in [-0.15, -0.1) is 0 Å². The second-order valence-corrected chi connectivity index (χ2v) is 5.49. The number of amides is 1. The molecule has 1 saturated heterocycles. The number of rotatable bonds is 5. The van der Waals surface area contributed by atoms with Crippen molar-refractivity contribution in [3.05, 3.63) is 35.9 Å². The van der Waals surface area contributed by atoms with Crippen molar-refractivity contribution in [2.24, 2.45) is 5.92 Å². The maximum atomic E-state index is 12.4. The molecule has 1 heterocycles. The van der Waals surface area contributed by atoms with Gasteiger partial charge < -0.3 is 15.6 Å². The number of nitrogens with one attached hydrogen (secondary N) is 2. The zero-order valence-electron chi connectivity index (χ0n) is 12.0. The van der Waals surface area contributed by atoms with Gasteiger partial charge in [-0.25, -0.2) is 0 Å². The van der Waals surface area contributed by atoms with Crippen LogP contribution in [0.2, 0.25) is 0 Å². The Balaban J connectivity index is 1.97. The molecule has 0 radical (unpaired) electrons. The van der Waals surface area contributed by atoms with Gasteiger partial charge in [0, 0.05) is 12.3 Å². The minimum atomic E-state index is -0.0825. The first kappa shape index (κ1) is 14.7. The Morgan fingerprint density at radius 1 is 1.40 bits per heavy atom. The van der Waals surface area contributed by atoms with E-state index >= 15 is 0 Å². The fourth-order valence-electron chi connectivity index (χ4n) is 2.64. The zero-order valence-corrected chi connectivity index (χ0v) is 12.0. The summed E-state index contributed by atoms with van der Waals surface area (Å²) in [5.41, 5.74) is 1.07. The molecule has 4 heteroatoms. The predicted octanol–water partition coefficient (Wildman–Crippen LogP) is 2.23. The van der Waals surface area contributed by atoms with Crippen LogP contribution in [0, 0.1) is 11.3 Å². The highest BCUT2D eigenvalue weighted by Gasteiger charge is 2.25. The number of likely N-dealkylation sites (tertiary alicyclic amines) is 1. The first-order valence-electron chi connectivity index (χ1n) is 7.23. The Kier molecular flexibility index (Phi) is 5.30. The van der Waals surface area contributed by atoms with E-state index in [2.05, 4.69) is 17.3 Å². The number of hydrogen-bond acceptors (Lipinski definition) is 3. The summed E-state index contributed by atoms with van der Waals surface area (Å²) in [5.74, 6) is 0.247. The first-order valence-corrected chi connectivity index (χ1v) is 7.23. The molecule has 0 saturated carbocycles. The maximum absolute atomic E-state index is 12.4. The molecule has 1 aliphatic heterocycles. The van der Waals surface area contributed by atoms with Crippen LogP contribution in [-0.2, 0) is 4.79 Å². The third-order valence-electron chi connectivity index (χ3n) is 3.96. The Bertz CT molecular complexity index is 438. The molecule has 4 nitrogen and oxygen atoms in total. The predicted molar refractivity (Wildman–Crippen MR) is 80.9 cm³/mol. The lowest BCUT2D eigenvalue weighted by Gasteiger charge is -2.29. The second kappa shape index (κ2) is 7.20. The van der Waals surface area contributed by atoms with E-state index in [1.54, 1.807) is 0 Å². The molecule has 1 aromatic carbocycles. The molecule has 1 fully saturated rings. The standard InChI is InChI=1S/C16H23N3O/c1-19-11-8-14(9-12-19)16(20)18-15(7-10-17)13-5-3-2-4-6-13/h2-6,10,14-15,17H,7-9,11-12H2,1H3,(H,18,20). The van der Waals surface area contributed by atoms with E-state index in [-0.39, 0.29) is 17.9 Å². The molecule has 2 rings (SSSR count). The molecule has 1 aliphatic rings. The lowest BCUT2D eigenvalue weighted by Crippen LogP contribution is -2.40. The quantitative estimate of drug-likeness (QED) is 0.808. The Morgan fingerprint density at radius 3 is 2.65 bits per heavy atom. The summed E-state index contributed by atoms with van der Waals surface area (Å²) < 4.78 is 0. The van der Waals surface area contributed by atoms with Crippen LogP contribution in [0.5, 0.6) is 0 Å². The van der Waals surface area contributed by atoms with Crippen LogP contribution in [0.1, 0.15) is 30.9 Å². The van der Waals surface area contributed by atoms with Gasteiger partial charge in [0.05, 0.1) is 6.04 Å². The van der Waals surface area contributed by atoms with E-state index < -0.39 is 0 Å². The summed E-state index contributed by atoms with van der Waals surface area (Å²) in [6.45, 7) is 1.97. The summed E-state index contributed by atoms with van der Waals surface area (Å²) in [5, 5.41) is 10.4. The highest BCUT2D eigenvalue weighted by Crippen LogP contribution is 2.20. The highest BCUT2D eigenvalue weighted by molar-refractivity contribution is 5.79. The summed E-state index contributed by atoms with van der Waals surface area (Å²) in [6.07, 6.45) is 3.76. The van der Waals surface area contributed by atoms with Crippen molar-refractivity contribution in [1.29, 1.82) is 5.41 Å². The lowest BCUT2D eigenvalue weighted by atomic mass is 9.95. The van der Waals surface area contributed by atoms with Crippen LogP contribution in [0.25, 0.3) is 0 Å². The van der Waals surface area contributed by atoms with Crippen LogP contribution < -0.4 is 5.32 Å². The number of carbonyl (C=O) groups excluding carboxylic acids is 1. The average Bonchev–Trinajstić information content (AvgIpc) is 2.48. The van der Waals surface area contributed by atoms with Gasteiger partial charge in [-0.3, -0.25) is 4.79 Å². The molecule has 0 bridgehead atoms. The van der Waals surface area contributed by atoms with Crippen molar-refractivity contribution in [3.63, 3.8) is 0 Å². The van der Waals surface area contributed by atoms with Crippen molar-refractivity contribution in [2.45, 2.75) is 25.3 Å². The van der Waals surface area contributed by atoms with E-state index in [1.165, 1.54) is 6.21 Å². The van der Waals surface area contributed by atoms with E-state index in [0.717, 1.165) is 31.5 Å². The largest absolute Gasteiger partial charge is 0.349 e. The van der Waals surface area contributed by atoms with Crippen molar-refractivity contribution >= 4 is 12.1 Å². The molecule has 1 aromatic rings. The van der Waals surface area contributed by atoms with Gasteiger partial charge in [0.25, 0.3) is 0 Å². The molecular weight excluding hydrogens is 250 g/mol. The van der Waals surface area contributed by atoms with Gasteiger partial charge in [0.15, 0.2) is 0 Å². The molecule has 20 heavy (non-hydrogen) atoms. The van der Waals surface area contributed by atoms with Crippen LogP contribution in [0.3, 0.4) is 0 Å². The van der Waals surface area contributed by atoms with Crippen molar-refractivity contribution in [2.75, 3.05) is 20.1 Å². The summed E-state index contributed by atoms with van der Waals surface area (Å²) >= 11 is 0. The number of nitrogens with zero attached hydrogens (tertiary/aromatic N) is 1. The topological polar surface area (TPSA) is 56.2 Å². The third kappa shape index (κ3) is 3.90. The van der Waals surface area contributed by atoms with Gasteiger partial charge in [-0.1, -0.05) is 30.3 Å². The van der Waals surface area contributed by atoms with Crippen LogP contribution >= 0.6 is 0 Å². The molecule has 108 valence electrons. The molecule has 0 aliphatic carbocycles. The smallest absolute Gasteiger partial charge is 0.223 e. The Morgan fingerprint density at radius 2 is 2.05 bits per heavy atom. The average molecular weight is 273 g/mol. The molecule has 0 spiro atoms. The van der Waals surface area contributed by atoms with E-state index in [0.29, 0.717) is 6.42 Å². The number of piperidine rings is 1. The van der Waals surface area contributed by atoms with Gasteiger partial charge in [-0.05, 0) is 44.8 Å². The minimum Gasteiger partial charge on any atom is -0.349 e. The lowest BCUT2D eigenvalue weighted by molar-refractivity contribution is -0.127. The van der Waals surface area contributed by atoms with Crippen LogP contribution in [-0.4, -0.2) is 37.2 Å². The van der Waals surface area contributed by atoms with Gasteiger partial charge in [0.1, 0.15) is 0 Å². The number of hydrogen-bond donors (Lipinski definition) is 2. The minimum absolute atomic E-state index is 0.0825. The molecule has 1 atom stereocenters. The van der Waals surface area contributed by atoms with Crippen LogP contribution in [0.4, 0.5) is 0 Å². The van der Waals surface area contributed by atoms with Crippen molar-refractivity contribution in [1.82, 2.24) is 10.2 Å². The van der Waals surface area contributed by atoms with Crippen molar-refractivity contribution in [3.8, 4) is 0 Å². The number of benzene rings is 1. The summed E-state index contributed by atoms with van der Waals surface area (Å²) in [7, 11) is 2.09. The molecule has 1 amide bonds. The first-order chi connectivity index (χ1) is 9.70. The van der Waals surface area contributed by atoms with Crippen molar-refractivity contribution < 1.29 is 4.79 Å². The van der Waals surface area contributed by atoms with E-state index in [1.807, 2.05) is 30.3 Å². The molecule has 0 aromatic heterocycles. The molecule has 2 N–H and O–H groups in total. The second-order valence-electron chi connectivity index (χ2n) is 5.49. The maximum Gasteiger partial charge on any atom is 0.223 e. The number of carbonyl (C=O) groups is 1. The fraction of sp³-hybridized carbons (Fsp3) is 0.500. The van der Waals surface area contributed by atoms with E-state index in [9.17, 15) is 4.79 Å². The normalized spacial score (nSPS) is 18.4. The fourth-order valence-corrected chi connectivity index (χ4v) is 2.64. The SMILES string of the molecule is CN1CCC(C(=O)NC(CC=N)c2ccccc2)CC1. The van der Waals surface area contributed by atoms with Crippen LogP contribution in [0.15, 0.2) is 30.3 Å². The van der Waals surface area contributed by atoms with E-state index in [4.69, 9.17) is 5.41 Å². The van der Waals surface area contributed by atoms with Gasteiger partial charge >= 0.3 is 0 Å².